The zero-order chi connectivity index (χ0) is 21.4. The van der Waals surface area contributed by atoms with Crippen molar-refractivity contribution in [1.82, 2.24) is 29.2 Å². The Balaban J connectivity index is 1.38. The standard InChI is InChI=1S/C24H26N6O/c1-17(2)22-27-20-8-5-12-25-23(20)30(22)18-10-15-28(16-11-18)24(31)19-7-3-4-9-21(19)29-14-6-13-26-29/h3-9,12-14,17-18H,10-11,15-16H2,1-2H3. The summed E-state index contributed by atoms with van der Waals surface area (Å²) in [5.41, 5.74) is 3.38. The quantitative estimate of drug-likeness (QED) is 0.501. The van der Waals surface area contributed by atoms with Crippen molar-refractivity contribution in [1.29, 1.82) is 0 Å². The smallest absolute Gasteiger partial charge is 0.256 e. The van der Waals surface area contributed by atoms with Gasteiger partial charge in [-0.1, -0.05) is 26.0 Å². The first-order valence-corrected chi connectivity index (χ1v) is 10.8. The van der Waals surface area contributed by atoms with Crippen molar-refractivity contribution in [3.63, 3.8) is 0 Å². The van der Waals surface area contributed by atoms with Crippen molar-refractivity contribution in [2.45, 2.75) is 38.6 Å². The summed E-state index contributed by atoms with van der Waals surface area (Å²) >= 11 is 0. The van der Waals surface area contributed by atoms with E-state index in [-0.39, 0.29) is 5.91 Å². The van der Waals surface area contributed by atoms with Gasteiger partial charge in [-0.25, -0.2) is 14.6 Å². The number of likely N-dealkylation sites (tertiary alicyclic amines) is 1. The van der Waals surface area contributed by atoms with Gasteiger partial charge in [-0.2, -0.15) is 5.10 Å². The summed E-state index contributed by atoms with van der Waals surface area (Å²) < 4.78 is 4.05. The zero-order valence-electron chi connectivity index (χ0n) is 17.8. The Morgan fingerprint density at radius 2 is 1.84 bits per heavy atom. The van der Waals surface area contributed by atoms with Crippen molar-refractivity contribution >= 4 is 17.1 Å². The maximum absolute atomic E-state index is 13.3. The lowest BCUT2D eigenvalue weighted by atomic mass is 10.0. The summed E-state index contributed by atoms with van der Waals surface area (Å²) in [5.74, 6) is 1.44. The number of rotatable bonds is 4. The number of imidazole rings is 1. The van der Waals surface area contributed by atoms with E-state index < -0.39 is 0 Å². The molecule has 0 bridgehead atoms. The minimum atomic E-state index is 0.0576. The lowest BCUT2D eigenvalue weighted by molar-refractivity contribution is 0.0694. The molecular weight excluding hydrogens is 388 g/mol. The molecule has 1 aliphatic heterocycles. The average Bonchev–Trinajstić information content (AvgIpc) is 3.47. The molecule has 0 aliphatic carbocycles. The molecule has 4 heterocycles. The van der Waals surface area contributed by atoms with Crippen molar-refractivity contribution < 1.29 is 4.79 Å². The topological polar surface area (TPSA) is 68.8 Å². The second-order valence-corrected chi connectivity index (χ2v) is 8.33. The van der Waals surface area contributed by atoms with Gasteiger partial charge in [0.15, 0.2) is 5.65 Å². The fraction of sp³-hybridized carbons (Fsp3) is 0.333. The summed E-state index contributed by atoms with van der Waals surface area (Å²) in [6, 6.07) is 13.8. The molecule has 1 saturated heterocycles. The van der Waals surface area contributed by atoms with Gasteiger partial charge in [0.2, 0.25) is 0 Å². The number of fused-ring (bicyclic) bond motifs is 1. The first kappa shape index (κ1) is 19.5. The Kier molecular flexibility index (Phi) is 5.02. The van der Waals surface area contributed by atoms with Crippen LogP contribution in [0.2, 0.25) is 0 Å². The van der Waals surface area contributed by atoms with Gasteiger partial charge in [0.1, 0.15) is 11.3 Å². The van der Waals surface area contributed by atoms with Gasteiger partial charge < -0.3 is 9.47 Å². The van der Waals surface area contributed by atoms with Crippen molar-refractivity contribution in [2.24, 2.45) is 0 Å². The maximum Gasteiger partial charge on any atom is 0.256 e. The summed E-state index contributed by atoms with van der Waals surface area (Å²) in [7, 11) is 0. The Morgan fingerprint density at radius 3 is 2.58 bits per heavy atom. The van der Waals surface area contributed by atoms with Crippen LogP contribution in [0.1, 0.15) is 54.8 Å². The Bertz CT molecular complexity index is 1200. The molecule has 0 N–H and O–H groups in total. The SMILES string of the molecule is CC(C)c1nc2cccnc2n1C1CCN(C(=O)c2ccccc2-n2cccn2)CC1. The Labute approximate surface area is 181 Å². The third-order valence-corrected chi connectivity index (χ3v) is 6.00. The first-order valence-electron chi connectivity index (χ1n) is 10.8. The molecule has 5 rings (SSSR count). The second kappa shape index (κ2) is 7.98. The van der Waals surface area contributed by atoms with E-state index in [9.17, 15) is 4.79 Å². The van der Waals surface area contributed by atoms with Crippen LogP contribution in [0.15, 0.2) is 61.1 Å². The predicted molar refractivity (Wildman–Crippen MR) is 119 cm³/mol. The highest BCUT2D eigenvalue weighted by atomic mass is 16.2. The number of para-hydroxylation sites is 1. The van der Waals surface area contributed by atoms with Gasteiger partial charge in [-0.3, -0.25) is 4.79 Å². The van der Waals surface area contributed by atoms with Crippen LogP contribution in [-0.4, -0.2) is 48.2 Å². The number of carbonyl (C=O) groups excluding carboxylic acids is 1. The molecule has 3 aromatic heterocycles. The predicted octanol–water partition coefficient (Wildman–Crippen LogP) is 4.22. The van der Waals surface area contributed by atoms with E-state index in [1.165, 1.54) is 0 Å². The Hall–Kier alpha value is -3.48. The van der Waals surface area contributed by atoms with Crippen LogP contribution in [0, 0.1) is 0 Å². The molecule has 31 heavy (non-hydrogen) atoms. The molecule has 7 heteroatoms. The Morgan fingerprint density at radius 1 is 1.03 bits per heavy atom. The van der Waals surface area contributed by atoms with Crippen LogP contribution in [-0.2, 0) is 0 Å². The fourth-order valence-corrected chi connectivity index (χ4v) is 4.48. The maximum atomic E-state index is 13.3. The molecule has 1 aromatic carbocycles. The molecule has 1 aliphatic rings. The van der Waals surface area contributed by atoms with Gasteiger partial charge in [0.05, 0.1) is 11.3 Å². The minimum Gasteiger partial charge on any atom is -0.338 e. The number of carbonyl (C=O) groups is 1. The van der Waals surface area contributed by atoms with Crippen molar-refractivity contribution in [3.8, 4) is 5.69 Å². The van der Waals surface area contributed by atoms with Gasteiger partial charge in [0.25, 0.3) is 5.91 Å². The van der Waals surface area contributed by atoms with Crippen LogP contribution < -0.4 is 0 Å². The molecule has 1 fully saturated rings. The highest BCUT2D eigenvalue weighted by Crippen LogP contribution is 2.31. The van der Waals surface area contributed by atoms with Gasteiger partial charge in [0, 0.05) is 43.6 Å². The minimum absolute atomic E-state index is 0.0576. The monoisotopic (exact) mass is 414 g/mol. The van der Waals surface area contributed by atoms with Crippen LogP contribution in [0.25, 0.3) is 16.9 Å². The van der Waals surface area contributed by atoms with Gasteiger partial charge >= 0.3 is 0 Å². The number of piperidine rings is 1. The van der Waals surface area contributed by atoms with Crippen LogP contribution in [0.4, 0.5) is 0 Å². The molecule has 7 nitrogen and oxygen atoms in total. The summed E-state index contributed by atoms with van der Waals surface area (Å²) in [5, 5.41) is 4.30. The highest BCUT2D eigenvalue weighted by Gasteiger charge is 2.29. The van der Waals surface area contributed by atoms with Crippen LogP contribution in [0.3, 0.4) is 0 Å². The van der Waals surface area contributed by atoms with Crippen LogP contribution >= 0.6 is 0 Å². The second-order valence-electron chi connectivity index (χ2n) is 8.33. The zero-order valence-corrected chi connectivity index (χ0v) is 17.8. The van der Waals surface area contributed by atoms with Crippen molar-refractivity contribution in [2.75, 3.05) is 13.1 Å². The number of aromatic nitrogens is 5. The molecule has 1 amide bonds. The molecular formula is C24H26N6O. The first-order chi connectivity index (χ1) is 15.1. The largest absolute Gasteiger partial charge is 0.338 e. The van der Waals surface area contributed by atoms with Crippen LogP contribution in [0.5, 0.6) is 0 Å². The third kappa shape index (κ3) is 3.50. The van der Waals surface area contributed by atoms with Gasteiger partial charge in [-0.05, 0) is 43.2 Å². The lowest BCUT2D eigenvalue weighted by Gasteiger charge is -2.34. The molecule has 4 aromatic rings. The summed E-state index contributed by atoms with van der Waals surface area (Å²) in [6.07, 6.45) is 7.19. The van der Waals surface area contributed by atoms with Gasteiger partial charge in [-0.15, -0.1) is 0 Å². The lowest BCUT2D eigenvalue weighted by Crippen LogP contribution is -2.39. The molecule has 0 radical (unpaired) electrons. The molecule has 0 spiro atoms. The van der Waals surface area contributed by atoms with E-state index in [1.54, 1.807) is 10.9 Å². The average molecular weight is 415 g/mol. The molecule has 0 atom stereocenters. The van der Waals surface area contributed by atoms with E-state index in [1.807, 2.05) is 59.8 Å². The van der Waals surface area contributed by atoms with Crippen molar-refractivity contribution in [3.05, 3.63) is 72.4 Å². The number of benzene rings is 1. The van der Waals surface area contributed by atoms with E-state index >= 15 is 0 Å². The number of hydrogen-bond donors (Lipinski definition) is 0. The van der Waals surface area contributed by atoms with E-state index in [0.29, 0.717) is 30.6 Å². The number of hydrogen-bond acceptors (Lipinski definition) is 4. The number of nitrogens with zero attached hydrogens (tertiary/aromatic N) is 6. The van der Waals surface area contributed by atoms with E-state index in [2.05, 4.69) is 28.5 Å². The molecule has 0 saturated carbocycles. The van der Waals surface area contributed by atoms with E-state index in [4.69, 9.17) is 4.98 Å². The fourth-order valence-electron chi connectivity index (χ4n) is 4.48. The summed E-state index contributed by atoms with van der Waals surface area (Å²) in [4.78, 5) is 24.8. The summed E-state index contributed by atoms with van der Waals surface area (Å²) in [6.45, 7) is 5.76. The number of amides is 1. The molecule has 0 unspecified atom stereocenters. The molecule has 158 valence electrons. The normalized spacial score (nSPS) is 15.1. The third-order valence-electron chi connectivity index (χ3n) is 6.00. The number of pyridine rings is 1. The van der Waals surface area contributed by atoms with E-state index in [0.717, 1.165) is 35.5 Å². The highest BCUT2D eigenvalue weighted by molar-refractivity contribution is 5.97.